The molecular formula is C22H22N2O2S. The molecule has 27 heavy (non-hydrogen) atoms. The number of anilines is 1. The van der Waals surface area contributed by atoms with E-state index in [-0.39, 0.29) is 4.90 Å². The number of sulfonamides is 1. The Hall–Kier alpha value is -2.92. The fourth-order valence-corrected chi connectivity index (χ4v) is 3.87. The number of aryl methyl sites for hydroxylation is 3. The predicted molar refractivity (Wildman–Crippen MR) is 112 cm³/mol. The third kappa shape index (κ3) is 4.83. The first kappa shape index (κ1) is 18.9. The molecule has 0 heterocycles. The molecule has 0 amide bonds. The largest absolute Gasteiger partial charge is 0.279 e. The molecule has 3 aromatic rings. The lowest BCUT2D eigenvalue weighted by Crippen LogP contribution is -2.13. The number of benzene rings is 3. The fourth-order valence-electron chi connectivity index (χ4n) is 2.74. The molecule has 0 atom stereocenters. The van der Waals surface area contributed by atoms with Gasteiger partial charge in [0.1, 0.15) is 0 Å². The zero-order valence-corrected chi connectivity index (χ0v) is 16.4. The first-order valence-electron chi connectivity index (χ1n) is 8.64. The molecule has 3 aromatic carbocycles. The topological polar surface area (TPSA) is 58.5 Å². The average Bonchev–Trinajstić information content (AvgIpc) is 2.63. The summed E-state index contributed by atoms with van der Waals surface area (Å²) in [6.45, 7) is 5.88. The van der Waals surface area contributed by atoms with Gasteiger partial charge in [-0.05, 0) is 62.2 Å². The van der Waals surface area contributed by atoms with Gasteiger partial charge >= 0.3 is 0 Å². The minimum Gasteiger partial charge on any atom is -0.279 e. The zero-order valence-electron chi connectivity index (χ0n) is 15.6. The van der Waals surface area contributed by atoms with Crippen LogP contribution in [0.1, 0.15) is 22.3 Å². The second-order valence-corrected chi connectivity index (χ2v) is 8.27. The van der Waals surface area contributed by atoms with E-state index in [1.165, 1.54) is 0 Å². The van der Waals surface area contributed by atoms with Gasteiger partial charge in [0.25, 0.3) is 10.0 Å². The first-order chi connectivity index (χ1) is 12.8. The van der Waals surface area contributed by atoms with Crippen molar-refractivity contribution in [2.75, 3.05) is 4.72 Å². The predicted octanol–water partition coefficient (Wildman–Crippen LogP) is 5.16. The lowest BCUT2D eigenvalue weighted by molar-refractivity contribution is 0.601. The highest BCUT2D eigenvalue weighted by molar-refractivity contribution is 7.92. The molecule has 138 valence electrons. The molecule has 0 unspecified atom stereocenters. The van der Waals surface area contributed by atoms with Crippen LogP contribution in [0.2, 0.25) is 0 Å². The molecule has 4 nitrogen and oxygen atoms in total. The van der Waals surface area contributed by atoms with Crippen LogP contribution in [-0.4, -0.2) is 14.6 Å². The van der Waals surface area contributed by atoms with E-state index in [0.717, 1.165) is 22.3 Å². The van der Waals surface area contributed by atoms with Crippen molar-refractivity contribution in [3.8, 4) is 0 Å². The first-order valence-corrected chi connectivity index (χ1v) is 10.1. The molecule has 0 aliphatic heterocycles. The average molecular weight is 378 g/mol. The van der Waals surface area contributed by atoms with Crippen molar-refractivity contribution >= 4 is 27.6 Å². The van der Waals surface area contributed by atoms with Gasteiger partial charge < -0.3 is 0 Å². The van der Waals surface area contributed by atoms with Crippen LogP contribution in [0.3, 0.4) is 0 Å². The molecular weight excluding hydrogens is 356 g/mol. The zero-order chi connectivity index (χ0) is 19.4. The van der Waals surface area contributed by atoms with Gasteiger partial charge in [0, 0.05) is 6.21 Å². The van der Waals surface area contributed by atoms with Gasteiger partial charge in [0.05, 0.1) is 16.3 Å². The Balaban J connectivity index is 1.77. The Bertz CT molecular complexity index is 1090. The summed E-state index contributed by atoms with van der Waals surface area (Å²) in [5.41, 5.74) is 5.43. The quantitative estimate of drug-likeness (QED) is 0.623. The minimum atomic E-state index is -3.64. The van der Waals surface area contributed by atoms with E-state index in [4.69, 9.17) is 0 Å². The number of nitrogens with zero attached hydrogens (tertiary/aromatic N) is 1. The number of nitrogens with one attached hydrogen (secondary N) is 1. The van der Waals surface area contributed by atoms with E-state index in [1.807, 2.05) is 57.2 Å². The third-order valence-corrected chi connectivity index (χ3v) is 5.56. The molecule has 3 rings (SSSR count). The maximum absolute atomic E-state index is 12.6. The van der Waals surface area contributed by atoms with Crippen molar-refractivity contribution in [3.63, 3.8) is 0 Å². The van der Waals surface area contributed by atoms with E-state index in [1.54, 1.807) is 36.5 Å². The van der Waals surface area contributed by atoms with Crippen LogP contribution in [0.25, 0.3) is 0 Å². The highest BCUT2D eigenvalue weighted by Crippen LogP contribution is 2.22. The third-order valence-electron chi connectivity index (χ3n) is 4.18. The van der Waals surface area contributed by atoms with Crippen molar-refractivity contribution in [3.05, 3.63) is 89.0 Å². The van der Waals surface area contributed by atoms with Crippen LogP contribution in [0.4, 0.5) is 11.4 Å². The maximum atomic E-state index is 12.6. The van der Waals surface area contributed by atoms with Crippen LogP contribution in [0.5, 0.6) is 0 Å². The maximum Gasteiger partial charge on any atom is 0.261 e. The van der Waals surface area contributed by atoms with Gasteiger partial charge in [-0.2, -0.15) is 0 Å². The van der Waals surface area contributed by atoms with Crippen molar-refractivity contribution in [2.45, 2.75) is 25.7 Å². The van der Waals surface area contributed by atoms with Gasteiger partial charge in [-0.25, -0.2) is 8.42 Å². The van der Waals surface area contributed by atoms with Crippen LogP contribution >= 0.6 is 0 Å². The van der Waals surface area contributed by atoms with E-state index in [2.05, 4.69) is 9.71 Å². The number of hydrogen-bond acceptors (Lipinski definition) is 3. The monoisotopic (exact) mass is 378 g/mol. The van der Waals surface area contributed by atoms with Crippen molar-refractivity contribution in [2.24, 2.45) is 4.99 Å². The summed E-state index contributed by atoms with van der Waals surface area (Å²) in [5.74, 6) is 0. The molecule has 0 fully saturated rings. The molecule has 0 saturated carbocycles. The molecule has 0 aliphatic carbocycles. The molecule has 0 spiro atoms. The summed E-state index contributed by atoms with van der Waals surface area (Å²) >= 11 is 0. The smallest absolute Gasteiger partial charge is 0.261 e. The molecule has 0 radical (unpaired) electrons. The highest BCUT2D eigenvalue weighted by atomic mass is 32.2. The molecule has 1 N–H and O–H groups in total. The summed E-state index contributed by atoms with van der Waals surface area (Å²) in [4.78, 5) is 4.61. The van der Waals surface area contributed by atoms with Gasteiger partial charge in [-0.1, -0.05) is 47.5 Å². The van der Waals surface area contributed by atoms with E-state index < -0.39 is 10.0 Å². The Labute approximate surface area is 160 Å². The molecule has 0 saturated heterocycles. The Morgan fingerprint density at radius 3 is 2.22 bits per heavy atom. The lowest BCUT2D eigenvalue weighted by atomic mass is 10.1. The molecule has 0 aliphatic rings. The summed E-state index contributed by atoms with van der Waals surface area (Å²) in [5, 5.41) is 0. The summed E-state index contributed by atoms with van der Waals surface area (Å²) in [6.07, 6.45) is 1.77. The second-order valence-electron chi connectivity index (χ2n) is 6.59. The fraction of sp³-hybridized carbons (Fsp3) is 0.136. The lowest BCUT2D eigenvalue weighted by Gasteiger charge is -2.11. The molecule has 0 aromatic heterocycles. The highest BCUT2D eigenvalue weighted by Gasteiger charge is 2.15. The van der Waals surface area contributed by atoms with E-state index >= 15 is 0 Å². The van der Waals surface area contributed by atoms with Crippen LogP contribution in [0.15, 0.2) is 76.6 Å². The second kappa shape index (κ2) is 7.76. The van der Waals surface area contributed by atoms with E-state index in [9.17, 15) is 8.42 Å². The van der Waals surface area contributed by atoms with Crippen molar-refractivity contribution < 1.29 is 8.42 Å². The summed E-state index contributed by atoms with van der Waals surface area (Å²) < 4.78 is 27.9. The van der Waals surface area contributed by atoms with Crippen LogP contribution < -0.4 is 4.72 Å². The number of aliphatic imine (C=N–C) groups is 1. The van der Waals surface area contributed by atoms with Gasteiger partial charge in [0.15, 0.2) is 0 Å². The molecule has 5 heteroatoms. The Kier molecular flexibility index (Phi) is 5.42. The van der Waals surface area contributed by atoms with E-state index in [0.29, 0.717) is 11.4 Å². The Morgan fingerprint density at radius 2 is 1.56 bits per heavy atom. The van der Waals surface area contributed by atoms with Crippen molar-refractivity contribution in [1.82, 2.24) is 0 Å². The Morgan fingerprint density at radius 1 is 0.852 bits per heavy atom. The standard InChI is InChI=1S/C22H22N2O2S/c1-16-5-4-6-19(14-16)15-23-20-8-10-21(11-9-20)27(25,26)24-22-12-7-17(2)13-18(22)3/h4-15,24H,1-3H3. The number of rotatable bonds is 5. The van der Waals surface area contributed by atoms with Gasteiger partial charge in [-0.3, -0.25) is 9.71 Å². The van der Waals surface area contributed by atoms with Crippen molar-refractivity contribution in [1.29, 1.82) is 0 Å². The van der Waals surface area contributed by atoms with Crippen LogP contribution in [0, 0.1) is 20.8 Å². The summed E-state index contributed by atoms with van der Waals surface area (Å²) in [6, 6.07) is 20.1. The normalized spacial score (nSPS) is 11.7. The van der Waals surface area contributed by atoms with Gasteiger partial charge in [0.2, 0.25) is 0 Å². The van der Waals surface area contributed by atoms with Crippen LogP contribution in [-0.2, 0) is 10.0 Å². The van der Waals surface area contributed by atoms with Gasteiger partial charge in [-0.15, -0.1) is 0 Å². The summed E-state index contributed by atoms with van der Waals surface area (Å²) in [7, 11) is -3.64. The minimum absolute atomic E-state index is 0.206. The SMILES string of the molecule is Cc1cccc(C=Nc2ccc(S(=O)(=O)Nc3ccc(C)cc3C)cc2)c1. The molecule has 0 bridgehead atoms. The number of hydrogen-bond donors (Lipinski definition) is 1.